The summed E-state index contributed by atoms with van der Waals surface area (Å²) in [5.41, 5.74) is 0.806. The molecule has 0 aliphatic heterocycles. The summed E-state index contributed by atoms with van der Waals surface area (Å²) in [6, 6.07) is 3.15. The van der Waals surface area contributed by atoms with Gasteiger partial charge in [-0.05, 0) is 38.8 Å². The van der Waals surface area contributed by atoms with E-state index < -0.39 is 10.0 Å². The molecule has 0 amide bonds. The molecule has 0 radical (unpaired) electrons. The molecule has 24 heavy (non-hydrogen) atoms. The SMILES string of the molecule is CCCCCCCCc1c(OCC)ccc(S(N)(=O)=O)c1OCC. The number of rotatable bonds is 12. The maximum absolute atomic E-state index is 11.9. The number of nitrogens with two attached hydrogens (primary N) is 1. The number of primary sulfonamides is 1. The van der Waals surface area contributed by atoms with E-state index in [0.717, 1.165) is 24.8 Å². The van der Waals surface area contributed by atoms with Gasteiger partial charge in [-0.25, -0.2) is 13.6 Å². The van der Waals surface area contributed by atoms with Crippen molar-refractivity contribution in [2.75, 3.05) is 13.2 Å². The maximum atomic E-state index is 11.9. The third-order valence-corrected chi connectivity index (χ3v) is 4.79. The third kappa shape index (κ3) is 6.32. The lowest BCUT2D eigenvalue weighted by atomic mass is 10.0. The fourth-order valence-corrected chi connectivity index (χ4v) is 3.42. The van der Waals surface area contributed by atoms with Gasteiger partial charge < -0.3 is 9.47 Å². The van der Waals surface area contributed by atoms with Crippen LogP contribution >= 0.6 is 0 Å². The number of sulfonamides is 1. The molecule has 0 bridgehead atoms. The van der Waals surface area contributed by atoms with Crippen LogP contribution in [0.5, 0.6) is 11.5 Å². The maximum Gasteiger partial charge on any atom is 0.241 e. The molecule has 6 heteroatoms. The van der Waals surface area contributed by atoms with Crippen LogP contribution in [0, 0.1) is 0 Å². The summed E-state index contributed by atoms with van der Waals surface area (Å²) < 4.78 is 35.0. The number of hydrogen-bond acceptors (Lipinski definition) is 4. The zero-order chi connectivity index (χ0) is 18.0. The van der Waals surface area contributed by atoms with Gasteiger partial charge in [-0.2, -0.15) is 0 Å². The molecule has 0 saturated heterocycles. The molecule has 0 saturated carbocycles. The molecule has 0 fully saturated rings. The molecule has 5 nitrogen and oxygen atoms in total. The first-order valence-electron chi connectivity index (χ1n) is 8.89. The van der Waals surface area contributed by atoms with Crippen LogP contribution in [-0.4, -0.2) is 21.6 Å². The minimum Gasteiger partial charge on any atom is -0.493 e. The quantitative estimate of drug-likeness (QED) is 0.573. The lowest BCUT2D eigenvalue weighted by Gasteiger charge is -2.18. The third-order valence-electron chi connectivity index (χ3n) is 3.86. The molecule has 0 aromatic heterocycles. The first-order valence-corrected chi connectivity index (χ1v) is 10.4. The fraction of sp³-hybridized carbons (Fsp3) is 0.667. The van der Waals surface area contributed by atoms with Crippen molar-refractivity contribution in [3.63, 3.8) is 0 Å². The van der Waals surface area contributed by atoms with E-state index in [1.54, 1.807) is 6.07 Å². The summed E-state index contributed by atoms with van der Waals surface area (Å²) >= 11 is 0. The summed E-state index contributed by atoms with van der Waals surface area (Å²) in [6.07, 6.45) is 7.71. The van der Waals surface area contributed by atoms with Gasteiger partial charge in [0.2, 0.25) is 10.0 Å². The standard InChI is InChI=1S/C18H31NO4S/c1-4-7-8-9-10-11-12-15-16(22-5-2)13-14-17(24(19,20)21)18(15)23-6-3/h13-14H,4-12H2,1-3H3,(H2,19,20,21). The second-order valence-corrected chi connectivity index (χ2v) is 7.33. The van der Waals surface area contributed by atoms with Crippen molar-refractivity contribution in [3.05, 3.63) is 17.7 Å². The van der Waals surface area contributed by atoms with Crippen LogP contribution in [0.2, 0.25) is 0 Å². The highest BCUT2D eigenvalue weighted by molar-refractivity contribution is 7.89. The Morgan fingerprint density at radius 3 is 2.12 bits per heavy atom. The average molecular weight is 358 g/mol. The van der Waals surface area contributed by atoms with Gasteiger partial charge in [0.15, 0.2) is 0 Å². The number of unbranched alkanes of at least 4 members (excludes halogenated alkanes) is 5. The van der Waals surface area contributed by atoms with Crippen molar-refractivity contribution in [2.24, 2.45) is 5.14 Å². The van der Waals surface area contributed by atoms with Crippen LogP contribution in [0.3, 0.4) is 0 Å². The Kier molecular flexibility index (Phi) is 9.14. The van der Waals surface area contributed by atoms with Gasteiger partial charge in [-0.1, -0.05) is 39.0 Å². The van der Waals surface area contributed by atoms with Crippen LogP contribution in [-0.2, 0) is 16.4 Å². The second-order valence-electron chi connectivity index (χ2n) is 5.80. The summed E-state index contributed by atoms with van der Waals surface area (Å²) in [5.74, 6) is 1.03. The Balaban J connectivity index is 3.02. The molecule has 138 valence electrons. The van der Waals surface area contributed by atoms with Crippen molar-refractivity contribution in [1.82, 2.24) is 0 Å². The normalized spacial score (nSPS) is 11.5. The van der Waals surface area contributed by atoms with Crippen LogP contribution in [0.15, 0.2) is 17.0 Å². The summed E-state index contributed by atoms with van der Waals surface area (Å²) in [4.78, 5) is 0.0359. The lowest BCUT2D eigenvalue weighted by molar-refractivity contribution is 0.309. The average Bonchev–Trinajstić information content (AvgIpc) is 2.52. The minimum absolute atomic E-state index is 0.0359. The Hall–Kier alpha value is -1.27. The summed E-state index contributed by atoms with van der Waals surface area (Å²) in [6.45, 7) is 6.82. The van der Waals surface area contributed by atoms with E-state index in [9.17, 15) is 8.42 Å². The van der Waals surface area contributed by atoms with Gasteiger partial charge in [-0.15, -0.1) is 0 Å². The van der Waals surface area contributed by atoms with E-state index in [0.29, 0.717) is 24.7 Å². The zero-order valence-corrected chi connectivity index (χ0v) is 16.0. The molecule has 1 aromatic rings. The summed E-state index contributed by atoms with van der Waals surface area (Å²) in [7, 11) is -3.83. The second kappa shape index (κ2) is 10.6. The highest BCUT2D eigenvalue weighted by Gasteiger charge is 2.22. The zero-order valence-electron chi connectivity index (χ0n) is 15.1. The largest absolute Gasteiger partial charge is 0.493 e. The highest BCUT2D eigenvalue weighted by Crippen LogP contribution is 2.36. The molecule has 0 heterocycles. The summed E-state index contributed by atoms with van der Waals surface area (Å²) in [5, 5.41) is 5.34. The Morgan fingerprint density at radius 1 is 0.917 bits per heavy atom. The molecule has 1 aromatic carbocycles. The van der Waals surface area contributed by atoms with Gasteiger partial charge in [0, 0.05) is 5.56 Å². The molecule has 0 spiro atoms. The molecule has 0 unspecified atom stereocenters. The molecule has 0 atom stereocenters. The van der Waals surface area contributed by atoms with Crippen LogP contribution < -0.4 is 14.6 Å². The lowest BCUT2D eigenvalue weighted by Crippen LogP contribution is -2.15. The monoisotopic (exact) mass is 357 g/mol. The van der Waals surface area contributed by atoms with Crippen LogP contribution in [0.4, 0.5) is 0 Å². The first-order chi connectivity index (χ1) is 11.5. The number of ether oxygens (including phenoxy) is 2. The van der Waals surface area contributed by atoms with E-state index >= 15 is 0 Å². The van der Waals surface area contributed by atoms with Crippen molar-refractivity contribution in [2.45, 2.75) is 70.6 Å². The minimum atomic E-state index is -3.83. The Bertz CT molecular complexity index is 599. The van der Waals surface area contributed by atoms with Crippen molar-refractivity contribution in [3.8, 4) is 11.5 Å². The van der Waals surface area contributed by atoms with Crippen molar-refractivity contribution in [1.29, 1.82) is 0 Å². The van der Waals surface area contributed by atoms with Gasteiger partial charge in [0.05, 0.1) is 13.2 Å². The van der Waals surface area contributed by atoms with E-state index in [-0.39, 0.29) is 4.90 Å². The predicted molar refractivity (Wildman–Crippen MR) is 97.2 cm³/mol. The molecule has 0 aliphatic carbocycles. The van der Waals surface area contributed by atoms with Gasteiger partial charge in [0.1, 0.15) is 16.4 Å². The van der Waals surface area contributed by atoms with Gasteiger partial charge >= 0.3 is 0 Å². The fourth-order valence-electron chi connectivity index (χ4n) is 2.72. The number of benzene rings is 1. The smallest absolute Gasteiger partial charge is 0.241 e. The van der Waals surface area contributed by atoms with Crippen molar-refractivity contribution >= 4 is 10.0 Å². The van der Waals surface area contributed by atoms with E-state index in [1.807, 2.05) is 13.8 Å². The molecule has 0 aliphatic rings. The number of hydrogen-bond donors (Lipinski definition) is 1. The molecule has 2 N–H and O–H groups in total. The van der Waals surface area contributed by atoms with Gasteiger partial charge in [-0.3, -0.25) is 0 Å². The Labute approximate surface area is 146 Å². The van der Waals surface area contributed by atoms with Crippen LogP contribution in [0.1, 0.15) is 64.9 Å². The van der Waals surface area contributed by atoms with E-state index in [2.05, 4.69) is 6.92 Å². The van der Waals surface area contributed by atoms with Crippen LogP contribution in [0.25, 0.3) is 0 Å². The van der Waals surface area contributed by atoms with E-state index in [4.69, 9.17) is 14.6 Å². The first kappa shape index (κ1) is 20.8. The Morgan fingerprint density at radius 2 is 1.54 bits per heavy atom. The topological polar surface area (TPSA) is 78.6 Å². The van der Waals surface area contributed by atoms with Crippen molar-refractivity contribution < 1.29 is 17.9 Å². The molecule has 1 rings (SSSR count). The molecular weight excluding hydrogens is 326 g/mol. The highest BCUT2D eigenvalue weighted by atomic mass is 32.2. The molecular formula is C18H31NO4S. The predicted octanol–water partition coefficient (Wildman–Crippen LogP) is 4.03. The van der Waals surface area contributed by atoms with Gasteiger partial charge in [0.25, 0.3) is 0 Å². The van der Waals surface area contributed by atoms with E-state index in [1.165, 1.54) is 31.7 Å².